The number of carbonyl (C=O) groups is 1. The predicted octanol–water partition coefficient (Wildman–Crippen LogP) is 5.60. The highest BCUT2D eigenvalue weighted by Crippen LogP contribution is 2.16. The van der Waals surface area contributed by atoms with E-state index < -0.39 is 23.8 Å². The molecule has 0 unspecified atom stereocenters. The van der Waals surface area contributed by atoms with Gasteiger partial charge in [0.15, 0.2) is 0 Å². The molecule has 0 radical (unpaired) electrons. The molecule has 210 valence electrons. The summed E-state index contributed by atoms with van der Waals surface area (Å²) in [6, 6.07) is 16.3. The minimum absolute atomic E-state index is 0.0747. The van der Waals surface area contributed by atoms with E-state index in [0.717, 1.165) is 52.4 Å². The van der Waals surface area contributed by atoms with Gasteiger partial charge < -0.3 is 15.7 Å². The summed E-state index contributed by atoms with van der Waals surface area (Å²) in [5.74, 6) is -1.73. The van der Waals surface area contributed by atoms with Gasteiger partial charge in [-0.2, -0.15) is 0 Å². The lowest BCUT2D eigenvalue weighted by atomic mass is 9.99. The van der Waals surface area contributed by atoms with Crippen LogP contribution in [0.15, 0.2) is 60.7 Å². The number of halogens is 3. The van der Waals surface area contributed by atoms with E-state index >= 15 is 0 Å². The number of amides is 1. The molecule has 39 heavy (non-hydrogen) atoms. The highest BCUT2D eigenvalue weighted by Gasteiger charge is 2.23. The highest BCUT2D eigenvalue weighted by atomic mass is 127. The molecule has 0 fully saturated rings. The molecule has 0 heterocycles. The topological polar surface area (TPSA) is 64.6 Å². The van der Waals surface area contributed by atoms with Crippen LogP contribution in [0.5, 0.6) is 0 Å². The highest BCUT2D eigenvalue weighted by molar-refractivity contribution is 14.1. The van der Waals surface area contributed by atoms with E-state index in [0.29, 0.717) is 17.7 Å². The van der Waals surface area contributed by atoms with Crippen LogP contribution in [0, 0.1) is 22.1 Å². The molecule has 0 spiro atoms. The summed E-state index contributed by atoms with van der Waals surface area (Å²) in [5.41, 5.74) is 3.93. The van der Waals surface area contributed by atoms with Gasteiger partial charge in [0.2, 0.25) is 0 Å². The summed E-state index contributed by atoms with van der Waals surface area (Å²) in [4.78, 5) is 15.7. The van der Waals surface area contributed by atoms with Gasteiger partial charge in [-0.3, -0.25) is 9.69 Å². The van der Waals surface area contributed by atoms with E-state index in [-0.39, 0.29) is 18.9 Å². The average Bonchev–Trinajstić information content (AvgIpc) is 2.87. The van der Waals surface area contributed by atoms with Crippen molar-refractivity contribution < 1.29 is 18.7 Å². The van der Waals surface area contributed by atoms with Crippen molar-refractivity contribution in [3.05, 3.63) is 104 Å². The van der Waals surface area contributed by atoms with Crippen LogP contribution in [-0.4, -0.2) is 47.7 Å². The zero-order chi connectivity index (χ0) is 28.4. The summed E-state index contributed by atoms with van der Waals surface area (Å²) in [6.45, 7) is 9.56. The number of aryl methyl sites for hydroxylation is 1. The number of nitrogens with zero attached hydrogens (tertiary/aromatic N) is 1. The quantitative estimate of drug-likeness (QED) is 0.199. The molecule has 3 aromatic carbocycles. The molecule has 5 nitrogen and oxygen atoms in total. The van der Waals surface area contributed by atoms with Crippen LogP contribution >= 0.6 is 22.6 Å². The van der Waals surface area contributed by atoms with Gasteiger partial charge in [0, 0.05) is 34.8 Å². The summed E-state index contributed by atoms with van der Waals surface area (Å²) in [5, 5.41) is 17.3. The van der Waals surface area contributed by atoms with Crippen molar-refractivity contribution >= 4 is 28.5 Å². The van der Waals surface area contributed by atoms with E-state index in [4.69, 9.17) is 0 Å². The first-order chi connectivity index (χ1) is 18.7. The Bertz CT molecular complexity index is 1220. The Morgan fingerprint density at radius 3 is 2.41 bits per heavy atom. The van der Waals surface area contributed by atoms with Crippen molar-refractivity contribution in [3.8, 4) is 0 Å². The zero-order valence-corrected chi connectivity index (χ0v) is 25.0. The molecule has 3 rings (SSSR count). The Balaban J connectivity index is 1.76. The normalized spacial score (nSPS) is 12.9. The standard InChI is InChI=1S/C31H38F2IN3O2/c1-4-9-37(5-2)20-24-10-21(3)11-25(12-24)31(39)36-29(16-23-13-26(32)17-27(33)14-23)30(38)19-35-18-22-7-6-8-28(34)15-22/h6-8,10-15,17,29-30,35,38H,4-5,9,16,18-20H2,1-3H3,(H,36,39)/t29-,30+/m0/s1. The number of aliphatic hydroxyl groups excluding tert-OH is 1. The fourth-order valence-corrected chi connectivity index (χ4v) is 5.29. The van der Waals surface area contributed by atoms with Gasteiger partial charge in [-0.1, -0.05) is 37.6 Å². The molecule has 2 atom stereocenters. The molecule has 3 N–H and O–H groups in total. The third kappa shape index (κ3) is 10.3. The van der Waals surface area contributed by atoms with Crippen LogP contribution in [-0.2, 0) is 19.5 Å². The van der Waals surface area contributed by atoms with Crippen molar-refractivity contribution in [3.63, 3.8) is 0 Å². The Morgan fingerprint density at radius 2 is 1.74 bits per heavy atom. The lowest BCUT2D eigenvalue weighted by Crippen LogP contribution is -2.48. The summed E-state index contributed by atoms with van der Waals surface area (Å²) in [7, 11) is 0. The third-order valence-electron chi connectivity index (χ3n) is 6.52. The third-order valence-corrected chi connectivity index (χ3v) is 7.19. The Kier molecular flexibility index (Phi) is 12.3. The van der Waals surface area contributed by atoms with Crippen molar-refractivity contribution in [2.24, 2.45) is 0 Å². The van der Waals surface area contributed by atoms with Crippen molar-refractivity contribution in [1.82, 2.24) is 15.5 Å². The molecule has 1 amide bonds. The van der Waals surface area contributed by atoms with Crippen LogP contribution in [0.3, 0.4) is 0 Å². The predicted molar refractivity (Wildman–Crippen MR) is 161 cm³/mol. The number of nitrogens with one attached hydrogen (secondary N) is 2. The van der Waals surface area contributed by atoms with Crippen molar-refractivity contribution in [1.29, 1.82) is 0 Å². The molecule has 3 aromatic rings. The van der Waals surface area contributed by atoms with Crippen molar-refractivity contribution in [2.75, 3.05) is 19.6 Å². The summed E-state index contributed by atoms with van der Waals surface area (Å²) in [6.07, 6.45) is 0.128. The van der Waals surface area contributed by atoms with Crippen molar-refractivity contribution in [2.45, 2.75) is 58.8 Å². The zero-order valence-electron chi connectivity index (χ0n) is 22.8. The first-order valence-electron chi connectivity index (χ1n) is 13.4. The van der Waals surface area contributed by atoms with Gasteiger partial charge in [-0.25, -0.2) is 8.78 Å². The number of rotatable bonds is 14. The van der Waals surface area contributed by atoms with Crippen LogP contribution in [0.2, 0.25) is 0 Å². The second-order valence-electron chi connectivity index (χ2n) is 9.97. The van der Waals surface area contributed by atoms with Crippen LogP contribution in [0.4, 0.5) is 8.78 Å². The van der Waals surface area contributed by atoms with E-state index in [1.54, 1.807) is 0 Å². The molecule has 0 saturated carbocycles. The maximum atomic E-state index is 13.9. The summed E-state index contributed by atoms with van der Waals surface area (Å²) >= 11 is 2.25. The molecular weight excluding hydrogens is 611 g/mol. The minimum Gasteiger partial charge on any atom is -0.390 e. The van der Waals surface area contributed by atoms with Crippen LogP contribution in [0.25, 0.3) is 0 Å². The second kappa shape index (κ2) is 15.4. The second-order valence-corrected chi connectivity index (χ2v) is 11.2. The van der Waals surface area contributed by atoms with Gasteiger partial charge in [-0.05, 0) is 109 Å². The molecule has 0 aliphatic rings. The minimum atomic E-state index is -0.993. The number of benzene rings is 3. The van der Waals surface area contributed by atoms with Crippen LogP contribution < -0.4 is 10.6 Å². The fourth-order valence-electron chi connectivity index (χ4n) is 4.68. The van der Waals surface area contributed by atoms with E-state index in [1.807, 2.05) is 43.3 Å². The van der Waals surface area contributed by atoms with E-state index in [1.165, 1.54) is 12.1 Å². The molecular formula is C31H38F2IN3O2. The van der Waals surface area contributed by atoms with E-state index in [9.17, 15) is 18.7 Å². The SMILES string of the molecule is CCCN(CC)Cc1cc(C)cc(C(=O)N[C@@H](Cc2cc(F)cc(F)c2)[C@H](O)CNCc2cccc(I)c2)c1. The van der Waals surface area contributed by atoms with E-state index in [2.05, 4.69) is 58.0 Å². The maximum Gasteiger partial charge on any atom is 0.251 e. The lowest BCUT2D eigenvalue weighted by Gasteiger charge is -2.25. The molecule has 8 heteroatoms. The first-order valence-corrected chi connectivity index (χ1v) is 14.5. The fraction of sp³-hybridized carbons (Fsp3) is 0.387. The van der Waals surface area contributed by atoms with Gasteiger partial charge in [0.05, 0.1) is 12.1 Å². The molecule has 0 aliphatic carbocycles. The lowest BCUT2D eigenvalue weighted by molar-refractivity contribution is 0.0829. The number of hydrogen-bond donors (Lipinski definition) is 3. The molecule has 0 aliphatic heterocycles. The smallest absolute Gasteiger partial charge is 0.251 e. The molecule has 0 saturated heterocycles. The Morgan fingerprint density at radius 1 is 1.00 bits per heavy atom. The van der Waals surface area contributed by atoms with Gasteiger partial charge in [-0.15, -0.1) is 0 Å². The monoisotopic (exact) mass is 649 g/mol. The Hall–Kier alpha value is -2.40. The largest absolute Gasteiger partial charge is 0.390 e. The Labute approximate surface area is 244 Å². The molecule has 0 aromatic heterocycles. The van der Waals surface area contributed by atoms with Gasteiger partial charge >= 0.3 is 0 Å². The average molecular weight is 650 g/mol. The van der Waals surface area contributed by atoms with Gasteiger partial charge in [0.1, 0.15) is 11.6 Å². The number of carbonyl (C=O) groups excluding carboxylic acids is 1. The van der Waals surface area contributed by atoms with Crippen LogP contribution in [0.1, 0.15) is 52.9 Å². The number of hydrogen-bond acceptors (Lipinski definition) is 4. The number of aliphatic hydroxyl groups is 1. The summed E-state index contributed by atoms with van der Waals surface area (Å²) < 4.78 is 28.9. The maximum absolute atomic E-state index is 13.9. The molecule has 0 bridgehead atoms. The van der Waals surface area contributed by atoms with Gasteiger partial charge in [0.25, 0.3) is 5.91 Å². The first kappa shape index (κ1) is 31.1.